The highest BCUT2D eigenvalue weighted by molar-refractivity contribution is 6.42. The van der Waals surface area contributed by atoms with Crippen LogP contribution in [0.1, 0.15) is 22.9 Å². The van der Waals surface area contributed by atoms with Gasteiger partial charge in [0.1, 0.15) is 11.9 Å². The van der Waals surface area contributed by atoms with Crippen molar-refractivity contribution in [2.45, 2.75) is 12.5 Å². The third-order valence-corrected chi connectivity index (χ3v) is 4.80. The lowest BCUT2D eigenvalue weighted by Crippen LogP contribution is -2.33. The van der Waals surface area contributed by atoms with Crippen LogP contribution in [-0.2, 0) is 4.74 Å². The zero-order valence-electron chi connectivity index (χ0n) is 16.1. The maximum atomic E-state index is 12.6. The average molecular weight is 485 g/mol. The van der Waals surface area contributed by atoms with Gasteiger partial charge in [0.05, 0.1) is 21.8 Å². The lowest BCUT2D eigenvalue weighted by Gasteiger charge is -2.18. The number of alkyl halides is 2. The fourth-order valence-corrected chi connectivity index (χ4v) is 2.92. The zero-order chi connectivity index (χ0) is 23.3. The van der Waals surface area contributed by atoms with Crippen LogP contribution < -0.4 is 16.4 Å². The highest BCUT2D eigenvalue weighted by Gasteiger charge is 2.21. The first-order chi connectivity index (χ1) is 15.2. The molecule has 0 spiro atoms. The molecule has 3 aromatic rings. The second-order valence-corrected chi connectivity index (χ2v) is 7.11. The maximum Gasteiger partial charge on any atom is 0.321 e. The molecule has 0 aliphatic heterocycles. The van der Waals surface area contributed by atoms with E-state index < -0.39 is 31.0 Å². The minimum Gasteiger partial charge on any atom is -0.471 e. The van der Waals surface area contributed by atoms with Gasteiger partial charge in [-0.2, -0.15) is 0 Å². The summed E-state index contributed by atoms with van der Waals surface area (Å²) in [7, 11) is 0. The number of carbonyl (C=O) groups is 1. The normalized spacial score (nSPS) is 11.8. The van der Waals surface area contributed by atoms with E-state index in [1.807, 2.05) is 0 Å². The summed E-state index contributed by atoms with van der Waals surface area (Å²) >= 11 is 12.0. The smallest absolute Gasteiger partial charge is 0.321 e. The summed E-state index contributed by atoms with van der Waals surface area (Å²) in [6.07, 6.45) is 1.04. The Morgan fingerprint density at radius 1 is 1.25 bits per heavy atom. The average Bonchev–Trinajstić information content (AvgIpc) is 3.27. The maximum absolute atomic E-state index is 12.6. The number of hydrogen-bond donors (Lipinski definition) is 4. The minimum absolute atomic E-state index is 0.00540. The molecule has 5 N–H and O–H groups in total. The number of nitrogen functional groups attached to an aromatic ring is 1. The van der Waals surface area contributed by atoms with Gasteiger partial charge in [0.25, 0.3) is 6.43 Å². The SMILES string of the molecule is N=C(OCC(F)F)c1cnc(NC(=O)N[C@@H](c2ccc(Cl)c(Cl)c2)c2cnco2)cc1N. The number of nitrogens with two attached hydrogens (primary N) is 1. The van der Waals surface area contributed by atoms with E-state index in [9.17, 15) is 13.6 Å². The molecule has 0 unspecified atom stereocenters. The molecule has 13 heteroatoms. The number of rotatable bonds is 7. The van der Waals surface area contributed by atoms with Crippen LogP contribution in [0.5, 0.6) is 0 Å². The van der Waals surface area contributed by atoms with Crippen LogP contribution in [0.2, 0.25) is 10.0 Å². The third-order valence-electron chi connectivity index (χ3n) is 4.06. The number of anilines is 2. The molecular formula is C19H16Cl2F2N6O3. The molecule has 3 rings (SSSR count). The van der Waals surface area contributed by atoms with Crippen LogP contribution in [0.15, 0.2) is 47.5 Å². The van der Waals surface area contributed by atoms with Crippen LogP contribution in [0.4, 0.5) is 25.1 Å². The van der Waals surface area contributed by atoms with E-state index in [0.717, 1.165) is 6.20 Å². The Morgan fingerprint density at radius 2 is 2.03 bits per heavy atom. The van der Waals surface area contributed by atoms with Gasteiger partial charge in [0, 0.05) is 18.0 Å². The Bertz CT molecular complexity index is 1110. The number of aromatic nitrogens is 2. The number of nitrogens with one attached hydrogen (secondary N) is 3. The van der Waals surface area contributed by atoms with Gasteiger partial charge in [-0.05, 0) is 17.7 Å². The molecule has 0 aliphatic carbocycles. The quantitative estimate of drug-likeness (QED) is 0.288. The van der Waals surface area contributed by atoms with Crippen LogP contribution in [-0.4, -0.2) is 34.9 Å². The van der Waals surface area contributed by atoms with Crippen molar-refractivity contribution < 1.29 is 22.7 Å². The summed E-state index contributed by atoms with van der Waals surface area (Å²) in [4.78, 5) is 20.4. The molecule has 0 saturated carbocycles. The van der Waals surface area contributed by atoms with Crippen LogP contribution in [0, 0.1) is 5.41 Å². The minimum atomic E-state index is -2.73. The molecule has 32 heavy (non-hydrogen) atoms. The topological polar surface area (TPSA) is 139 Å². The fourth-order valence-electron chi connectivity index (χ4n) is 2.62. The lowest BCUT2D eigenvalue weighted by atomic mass is 10.1. The number of benzene rings is 1. The van der Waals surface area contributed by atoms with Crippen molar-refractivity contribution in [1.82, 2.24) is 15.3 Å². The molecule has 168 valence electrons. The Balaban J connectivity index is 1.73. The largest absolute Gasteiger partial charge is 0.471 e. The molecule has 9 nitrogen and oxygen atoms in total. The van der Waals surface area contributed by atoms with Gasteiger partial charge >= 0.3 is 6.03 Å². The first-order valence-electron chi connectivity index (χ1n) is 8.91. The van der Waals surface area contributed by atoms with Crippen molar-refractivity contribution >= 4 is 46.6 Å². The number of carbonyl (C=O) groups excluding carboxylic acids is 1. The number of nitrogens with zero attached hydrogens (tertiary/aromatic N) is 2. The Kier molecular flexibility index (Phi) is 7.44. The molecule has 0 aliphatic rings. The van der Waals surface area contributed by atoms with E-state index in [4.69, 9.17) is 38.8 Å². The second kappa shape index (κ2) is 10.2. The van der Waals surface area contributed by atoms with Crippen LogP contribution in [0.3, 0.4) is 0 Å². The van der Waals surface area contributed by atoms with Crippen molar-refractivity contribution in [1.29, 1.82) is 5.41 Å². The lowest BCUT2D eigenvalue weighted by molar-refractivity contribution is 0.0761. The standard InChI is InChI=1S/C19H16Cl2F2N6O3/c20-11-2-1-9(3-12(11)21)17(14-6-26-8-32-14)29-19(30)28-16-4-13(24)10(5-27-16)18(25)31-7-15(22)23/h1-6,8,15,17,25H,7H2,(H4,24,27,28,29,30)/t17-/m0/s1. The molecule has 0 bridgehead atoms. The predicted octanol–water partition coefficient (Wildman–Crippen LogP) is 4.48. The van der Waals surface area contributed by atoms with E-state index in [0.29, 0.717) is 16.3 Å². The first-order valence-corrected chi connectivity index (χ1v) is 9.66. The Labute approximate surface area is 190 Å². The van der Waals surface area contributed by atoms with E-state index in [1.165, 1.54) is 18.7 Å². The van der Waals surface area contributed by atoms with E-state index in [1.54, 1.807) is 18.2 Å². The highest BCUT2D eigenvalue weighted by atomic mass is 35.5. The molecule has 1 aromatic carbocycles. The van der Waals surface area contributed by atoms with Crippen molar-refractivity contribution in [2.75, 3.05) is 17.7 Å². The summed E-state index contributed by atoms with van der Waals surface area (Å²) in [5.41, 5.74) is 6.43. The Hall–Kier alpha value is -3.44. The summed E-state index contributed by atoms with van der Waals surface area (Å²) in [6, 6.07) is 4.66. The second-order valence-electron chi connectivity index (χ2n) is 6.30. The summed E-state index contributed by atoms with van der Waals surface area (Å²) < 4.78 is 34.4. The van der Waals surface area contributed by atoms with Gasteiger partial charge in [0.2, 0.25) is 5.90 Å². The van der Waals surface area contributed by atoms with Crippen molar-refractivity contribution in [3.8, 4) is 0 Å². The van der Waals surface area contributed by atoms with Crippen molar-refractivity contribution in [3.63, 3.8) is 0 Å². The van der Waals surface area contributed by atoms with Crippen molar-refractivity contribution in [3.05, 3.63) is 70.0 Å². The van der Waals surface area contributed by atoms with Crippen LogP contribution >= 0.6 is 23.2 Å². The third kappa shape index (κ3) is 5.83. The first kappa shape index (κ1) is 23.2. The summed E-state index contributed by atoms with van der Waals surface area (Å²) in [5.74, 6) is -0.168. The van der Waals surface area contributed by atoms with Gasteiger partial charge in [-0.3, -0.25) is 10.7 Å². The molecular weight excluding hydrogens is 469 g/mol. The Morgan fingerprint density at radius 3 is 2.66 bits per heavy atom. The van der Waals surface area contributed by atoms with E-state index in [2.05, 4.69) is 25.3 Å². The van der Waals surface area contributed by atoms with Gasteiger partial charge < -0.3 is 20.2 Å². The monoisotopic (exact) mass is 484 g/mol. The number of oxazole rings is 1. The van der Waals surface area contributed by atoms with Gasteiger partial charge in [-0.15, -0.1) is 0 Å². The highest BCUT2D eigenvalue weighted by Crippen LogP contribution is 2.29. The molecule has 0 saturated heterocycles. The van der Waals surface area contributed by atoms with Crippen molar-refractivity contribution in [2.24, 2.45) is 0 Å². The number of amides is 2. The zero-order valence-corrected chi connectivity index (χ0v) is 17.6. The molecule has 1 atom stereocenters. The number of halogens is 4. The molecule has 0 radical (unpaired) electrons. The number of hydrogen-bond acceptors (Lipinski definition) is 7. The molecule has 2 amide bonds. The van der Waals surface area contributed by atoms with E-state index >= 15 is 0 Å². The molecule has 2 aromatic heterocycles. The number of ether oxygens (including phenoxy) is 1. The van der Waals surface area contributed by atoms with Crippen LogP contribution in [0.25, 0.3) is 0 Å². The number of urea groups is 1. The van der Waals surface area contributed by atoms with E-state index in [-0.39, 0.29) is 22.1 Å². The summed E-state index contributed by atoms with van der Waals surface area (Å²) in [6.45, 7) is -0.946. The van der Waals surface area contributed by atoms with Gasteiger partial charge in [0.15, 0.2) is 18.8 Å². The fraction of sp³-hybridized carbons (Fsp3) is 0.158. The molecule has 0 fully saturated rings. The summed E-state index contributed by atoms with van der Waals surface area (Å²) in [5, 5.41) is 13.5. The van der Waals surface area contributed by atoms with Gasteiger partial charge in [-0.1, -0.05) is 29.3 Å². The molecule has 2 heterocycles. The predicted molar refractivity (Wildman–Crippen MR) is 114 cm³/mol. The van der Waals surface area contributed by atoms with Gasteiger partial charge in [-0.25, -0.2) is 23.5 Å². The number of pyridine rings is 1.